The Bertz CT molecular complexity index is 738. The second-order valence-electron chi connectivity index (χ2n) is 5.44. The van der Waals surface area contributed by atoms with Crippen LogP contribution < -0.4 is 5.73 Å². The van der Waals surface area contributed by atoms with Gasteiger partial charge in [-0.1, -0.05) is 12.1 Å². The van der Waals surface area contributed by atoms with E-state index in [0.29, 0.717) is 13.2 Å². The predicted molar refractivity (Wildman–Crippen MR) is 88.1 cm³/mol. The Kier molecular flexibility index (Phi) is 4.72. The summed E-state index contributed by atoms with van der Waals surface area (Å²) in [5.41, 5.74) is 7.13. The van der Waals surface area contributed by atoms with Crippen molar-refractivity contribution < 1.29 is 14.3 Å². The molecule has 1 aromatic heterocycles. The van der Waals surface area contributed by atoms with Crippen molar-refractivity contribution in [3.63, 3.8) is 0 Å². The number of benzene rings is 1. The lowest BCUT2D eigenvalue weighted by Gasteiger charge is -2.30. The first-order valence-electron chi connectivity index (χ1n) is 7.60. The molecule has 2 N–H and O–H groups in total. The molecule has 1 unspecified atom stereocenters. The highest BCUT2D eigenvalue weighted by Gasteiger charge is 2.26. The third-order valence-corrected chi connectivity index (χ3v) is 3.81. The zero-order chi connectivity index (χ0) is 16.9. The third kappa shape index (κ3) is 3.69. The van der Waals surface area contributed by atoms with Crippen LogP contribution in [-0.4, -0.2) is 52.1 Å². The summed E-state index contributed by atoms with van der Waals surface area (Å²) < 4.78 is 7.13. The van der Waals surface area contributed by atoms with Gasteiger partial charge in [0.25, 0.3) is 0 Å². The number of hydrogen-bond donors (Lipinski definition) is 1. The minimum absolute atomic E-state index is 0.164. The van der Waals surface area contributed by atoms with E-state index in [1.54, 1.807) is 23.5 Å². The highest BCUT2D eigenvalue weighted by atomic mass is 16.5. The minimum atomic E-state index is -0.731. The highest BCUT2D eigenvalue weighted by molar-refractivity contribution is 5.92. The van der Waals surface area contributed by atoms with E-state index < -0.39 is 12.0 Å². The molecule has 2 aromatic rings. The second-order valence-corrected chi connectivity index (χ2v) is 5.44. The molecule has 2 heterocycles. The Morgan fingerprint density at radius 1 is 1.29 bits per heavy atom. The number of nitrogens with two attached hydrogens (primary N) is 1. The van der Waals surface area contributed by atoms with Crippen LogP contribution in [0.5, 0.6) is 0 Å². The Morgan fingerprint density at radius 3 is 2.75 bits per heavy atom. The quantitative estimate of drug-likeness (QED) is 0.833. The van der Waals surface area contributed by atoms with Crippen LogP contribution >= 0.6 is 0 Å². The third-order valence-electron chi connectivity index (χ3n) is 3.81. The molecule has 1 aromatic carbocycles. The van der Waals surface area contributed by atoms with Crippen molar-refractivity contribution in [1.29, 1.82) is 0 Å². The molecule has 1 saturated heterocycles. The molecule has 0 spiro atoms. The molecule has 3 rings (SSSR count). The van der Waals surface area contributed by atoms with E-state index in [4.69, 9.17) is 10.5 Å². The Hall–Kier alpha value is -2.93. The van der Waals surface area contributed by atoms with Gasteiger partial charge in [-0.25, -0.2) is 4.98 Å². The number of carbonyl (C=O) groups is 2. The van der Waals surface area contributed by atoms with E-state index in [2.05, 4.69) is 4.98 Å². The maximum atomic E-state index is 12.2. The van der Waals surface area contributed by atoms with Gasteiger partial charge in [0.05, 0.1) is 19.5 Å². The fraction of sp³-hybridized carbons (Fsp3) is 0.235. The zero-order valence-corrected chi connectivity index (χ0v) is 13.0. The topological polar surface area (TPSA) is 90.5 Å². The van der Waals surface area contributed by atoms with Crippen LogP contribution in [0.2, 0.25) is 0 Å². The molecule has 0 saturated carbocycles. The normalized spacial score (nSPS) is 18.0. The number of hydrogen-bond acceptors (Lipinski definition) is 4. The molecule has 0 aliphatic carbocycles. The number of ether oxygens (including phenoxy) is 1. The number of nitrogens with zero attached hydrogens (tertiary/aromatic N) is 3. The van der Waals surface area contributed by atoms with Crippen LogP contribution in [-0.2, 0) is 14.3 Å². The summed E-state index contributed by atoms with van der Waals surface area (Å²) in [7, 11) is 0. The van der Waals surface area contributed by atoms with Crippen LogP contribution in [0.3, 0.4) is 0 Å². The average molecular weight is 326 g/mol. The maximum absolute atomic E-state index is 12.2. The fourth-order valence-electron chi connectivity index (χ4n) is 2.46. The first kappa shape index (κ1) is 15.9. The molecule has 7 nitrogen and oxygen atoms in total. The number of imidazole rings is 1. The monoisotopic (exact) mass is 326 g/mol. The van der Waals surface area contributed by atoms with Crippen molar-refractivity contribution in [2.24, 2.45) is 5.73 Å². The van der Waals surface area contributed by atoms with Crippen LogP contribution in [0.25, 0.3) is 11.8 Å². The van der Waals surface area contributed by atoms with Gasteiger partial charge in [0.15, 0.2) is 6.10 Å². The van der Waals surface area contributed by atoms with E-state index in [1.807, 2.05) is 35.0 Å². The highest BCUT2D eigenvalue weighted by Crippen LogP contribution is 2.11. The lowest BCUT2D eigenvalue weighted by Crippen LogP contribution is -2.50. The van der Waals surface area contributed by atoms with E-state index in [9.17, 15) is 9.59 Å². The van der Waals surface area contributed by atoms with E-state index in [0.717, 1.165) is 11.3 Å². The molecular formula is C17H18N4O3. The van der Waals surface area contributed by atoms with Crippen molar-refractivity contribution in [1.82, 2.24) is 14.5 Å². The molecule has 0 bridgehead atoms. The largest absolute Gasteiger partial charge is 0.367 e. The summed E-state index contributed by atoms with van der Waals surface area (Å²) >= 11 is 0. The zero-order valence-electron chi connectivity index (χ0n) is 13.0. The fourth-order valence-corrected chi connectivity index (χ4v) is 2.46. The van der Waals surface area contributed by atoms with Crippen molar-refractivity contribution in [3.05, 3.63) is 54.6 Å². The number of rotatable bonds is 4. The predicted octanol–water partition coefficient (Wildman–Crippen LogP) is 0.598. The minimum Gasteiger partial charge on any atom is -0.367 e. The Balaban J connectivity index is 1.62. The smallest absolute Gasteiger partial charge is 0.248 e. The molecule has 1 atom stereocenters. The molecule has 1 aliphatic heterocycles. The first-order valence-corrected chi connectivity index (χ1v) is 7.60. The van der Waals surface area contributed by atoms with Gasteiger partial charge in [-0.2, -0.15) is 0 Å². The summed E-state index contributed by atoms with van der Waals surface area (Å²) in [5, 5.41) is 0. The van der Waals surface area contributed by atoms with Crippen molar-refractivity contribution in [2.75, 3.05) is 19.7 Å². The summed E-state index contributed by atoms with van der Waals surface area (Å²) in [6.07, 6.45) is 7.81. The summed E-state index contributed by atoms with van der Waals surface area (Å²) in [5.74, 6) is -0.713. The maximum Gasteiger partial charge on any atom is 0.248 e. The molecule has 7 heteroatoms. The number of amides is 2. The van der Waals surface area contributed by atoms with Gasteiger partial charge >= 0.3 is 0 Å². The van der Waals surface area contributed by atoms with Crippen molar-refractivity contribution in [3.8, 4) is 5.69 Å². The number of primary amides is 1. The van der Waals surface area contributed by atoms with Crippen molar-refractivity contribution >= 4 is 17.9 Å². The lowest BCUT2D eigenvalue weighted by atomic mass is 10.2. The molecule has 1 fully saturated rings. The first-order chi connectivity index (χ1) is 11.6. The molecule has 124 valence electrons. The van der Waals surface area contributed by atoms with Gasteiger partial charge in [0.2, 0.25) is 11.8 Å². The van der Waals surface area contributed by atoms with Gasteiger partial charge < -0.3 is 19.9 Å². The molecule has 1 aliphatic rings. The molecule has 24 heavy (non-hydrogen) atoms. The van der Waals surface area contributed by atoms with Crippen molar-refractivity contribution in [2.45, 2.75) is 6.10 Å². The molecule has 2 amide bonds. The molecular weight excluding hydrogens is 308 g/mol. The second kappa shape index (κ2) is 7.10. The van der Waals surface area contributed by atoms with Crippen LogP contribution in [0.4, 0.5) is 0 Å². The number of aromatic nitrogens is 2. The van der Waals surface area contributed by atoms with E-state index >= 15 is 0 Å². The van der Waals surface area contributed by atoms with Gasteiger partial charge in [0.1, 0.15) is 0 Å². The number of carbonyl (C=O) groups excluding carboxylic acids is 2. The summed E-state index contributed by atoms with van der Waals surface area (Å²) in [6.45, 7) is 0.956. The van der Waals surface area contributed by atoms with Gasteiger partial charge in [0, 0.05) is 30.7 Å². The van der Waals surface area contributed by atoms with E-state index in [-0.39, 0.29) is 12.5 Å². The lowest BCUT2D eigenvalue weighted by molar-refractivity contribution is -0.142. The van der Waals surface area contributed by atoms with Crippen LogP contribution in [0.1, 0.15) is 5.56 Å². The van der Waals surface area contributed by atoms with Gasteiger partial charge in [-0.15, -0.1) is 0 Å². The van der Waals surface area contributed by atoms with E-state index in [1.165, 1.54) is 6.08 Å². The molecule has 0 radical (unpaired) electrons. The SMILES string of the molecule is NC(=O)C1CN(C(=O)C=Cc2ccc(-n3ccnc3)cc2)CCO1. The average Bonchev–Trinajstić information content (AvgIpc) is 3.15. The van der Waals surface area contributed by atoms with Gasteiger partial charge in [-0.05, 0) is 23.8 Å². The summed E-state index contributed by atoms with van der Waals surface area (Å²) in [6, 6.07) is 7.74. The Morgan fingerprint density at radius 2 is 2.08 bits per heavy atom. The van der Waals surface area contributed by atoms with Crippen LogP contribution in [0, 0.1) is 0 Å². The number of morpholine rings is 1. The van der Waals surface area contributed by atoms with Gasteiger partial charge in [-0.3, -0.25) is 9.59 Å². The Labute approximate surface area is 139 Å². The standard InChI is InChI=1S/C17H18N4O3/c18-17(23)15-11-20(9-10-24-15)16(22)6-3-13-1-4-14(5-2-13)21-8-7-19-12-21/h1-8,12,15H,9-11H2,(H2,18,23). The summed E-state index contributed by atoms with van der Waals surface area (Å²) in [4.78, 5) is 28.9. The van der Waals surface area contributed by atoms with Crippen LogP contribution in [0.15, 0.2) is 49.1 Å².